The van der Waals surface area contributed by atoms with Gasteiger partial charge in [0.15, 0.2) is 5.76 Å². The zero-order valence-corrected chi connectivity index (χ0v) is 15.2. The molecular formula is C16H16FN3O3S2. The third-order valence-electron chi connectivity index (χ3n) is 3.55. The molecule has 0 amide bonds. The number of halogens is 1. The molecule has 0 saturated carbocycles. The first-order valence-corrected chi connectivity index (χ1v) is 9.86. The Morgan fingerprint density at radius 1 is 1.24 bits per heavy atom. The molecule has 0 atom stereocenters. The second-order valence-corrected chi connectivity index (χ2v) is 8.01. The van der Waals surface area contributed by atoms with Gasteiger partial charge in [-0.1, -0.05) is 5.16 Å². The van der Waals surface area contributed by atoms with Gasteiger partial charge in [-0.25, -0.2) is 22.5 Å². The van der Waals surface area contributed by atoms with Crippen molar-refractivity contribution in [3.8, 4) is 10.6 Å². The third-order valence-corrected chi connectivity index (χ3v) is 6.20. The van der Waals surface area contributed by atoms with Crippen molar-refractivity contribution in [1.82, 2.24) is 14.9 Å². The fourth-order valence-corrected chi connectivity index (χ4v) is 4.61. The lowest BCUT2D eigenvalue weighted by Crippen LogP contribution is -2.26. The Morgan fingerprint density at radius 3 is 2.60 bits per heavy atom. The van der Waals surface area contributed by atoms with Crippen molar-refractivity contribution in [1.29, 1.82) is 0 Å². The zero-order chi connectivity index (χ0) is 18.0. The topological polar surface area (TPSA) is 85.1 Å². The van der Waals surface area contributed by atoms with E-state index in [1.54, 1.807) is 26.0 Å². The van der Waals surface area contributed by atoms with Crippen LogP contribution < -0.4 is 4.72 Å². The molecule has 6 nitrogen and oxygen atoms in total. The summed E-state index contributed by atoms with van der Waals surface area (Å²) in [4.78, 5) is 4.54. The fourth-order valence-electron chi connectivity index (χ4n) is 2.39. The van der Waals surface area contributed by atoms with Crippen molar-refractivity contribution >= 4 is 21.4 Å². The molecule has 0 unspecified atom stereocenters. The molecule has 0 aliphatic carbocycles. The Morgan fingerprint density at radius 2 is 1.96 bits per heavy atom. The maximum Gasteiger partial charge on any atom is 0.245 e. The monoisotopic (exact) mass is 381 g/mol. The summed E-state index contributed by atoms with van der Waals surface area (Å²) in [5.41, 5.74) is 1.93. The number of nitrogens with zero attached hydrogens (tertiary/aromatic N) is 2. The molecule has 0 bridgehead atoms. The van der Waals surface area contributed by atoms with E-state index in [0.29, 0.717) is 12.1 Å². The molecule has 0 fully saturated rings. The van der Waals surface area contributed by atoms with Crippen molar-refractivity contribution in [3.63, 3.8) is 0 Å². The van der Waals surface area contributed by atoms with Gasteiger partial charge in [0.2, 0.25) is 10.0 Å². The Labute approximate surface area is 148 Å². The molecule has 1 N–H and O–H groups in total. The van der Waals surface area contributed by atoms with Crippen LogP contribution in [-0.4, -0.2) is 25.1 Å². The number of thiazole rings is 1. The molecule has 0 radical (unpaired) electrons. The maximum atomic E-state index is 13.0. The Balaban J connectivity index is 1.64. The van der Waals surface area contributed by atoms with Gasteiger partial charge in [-0.2, -0.15) is 0 Å². The van der Waals surface area contributed by atoms with E-state index in [1.807, 2.05) is 5.38 Å². The van der Waals surface area contributed by atoms with Crippen LogP contribution >= 0.6 is 11.3 Å². The number of aryl methyl sites for hydroxylation is 2. The highest BCUT2D eigenvalue weighted by Gasteiger charge is 2.23. The number of nitrogens with one attached hydrogen (secondary N) is 1. The smallest absolute Gasteiger partial charge is 0.245 e. The molecule has 1 aromatic carbocycles. The fraction of sp³-hybridized carbons (Fsp3) is 0.250. The Hall–Kier alpha value is -2.10. The molecule has 3 aromatic rings. The molecule has 3 rings (SSSR count). The van der Waals surface area contributed by atoms with Gasteiger partial charge in [-0.15, -0.1) is 11.3 Å². The summed E-state index contributed by atoms with van der Waals surface area (Å²) in [5, 5.41) is 6.29. The largest absolute Gasteiger partial charge is 0.360 e. The van der Waals surface area contributed by atoms with Gasteiger partial charge in [0.1, 0.15) is 21.4 Å². The molecule has 0 aliphatic rings. The third kappa shape index (κ3) is 3.94. The van der Waals surface area contributed by atoms with Gasteiger partial charge in [0.05, 0.1) is 5.69 Å². The number of hydrogen-bond acceptors (Lipinski definition) is 6. The highest BCUT2D eigenvalue weighted by molar-refractivity contribution is 7.89. The van der Waals surface area contributed by atoms with Gasteiger partial charge in [0.25, 0.3) is 0 Å². The van der Waals surface area contributed by atoms with Crippen molar-refractivity contribution in [2.24, 2.45) is 0 Å². The average Bonchev–Trinajstić information content (AvgIpc) is 3.15. The van der Waals surface area contributed by atoms with Crippen LogP contribution in [0.3, 0.4) is 0 Å². The average molecular weight is 381 g/mol. The number of hydrogen-bond donors (Lipinski definition) is 1. The minimum absolute atomic E-state index is 0.0813. The summed E-state index contributed by atoms with van der Waals surface area (Å²) in [6.07, 6.45) is 0.445. The van der Waals surface area contributed by atoms with E-state index in [9.17, 15) is 12.8 Å². The Bertz CT molecular complexity index is 959. The van der Waals surface area contributed by atoms with Gasteiger partial charge in [-0.05, 0) is 38.1 Å². The summed E-state index contributed by atoms with van der Waals surface area (Å²) in [6.45, 7) is 3.35. The first-order chi connectivity index (χ1) is 11.9. The maximum absolute atomic E-state index is 13.0. The quantitative estimate of drug-likeness (QED) is 0.709. The second-order valence-electron chi connectivity index (χ2n) is 5.45. The predicted octanol–water partition coefficient (Wildman–Crippen LogP) is 3.08. The van der Waals surface area contributed by atoms with E-state index in [1.165, 1.54) is 23.5 Å². The summed E-state index contributed by atoms with van der Waals surface area (Å²) in [6, 6.07) is 6.10. The standard InChI is InChI=1S/C16H16FN3O3S2/c1-10-15(11(2)23-20-10)25(21,22)18-8-7-14-9-24-16(19-14)12-3-5-13(17)6-4-12/h3-6,9,18H,7-8H2,1-2H3. The lowest BCUT2D eigenvalue weighted by molar-refractivity contribution is 0.390. The molecular weight excluding hydrogens is 365 g/mol. The van der Waals surface area contributed by atoms with E-state index in [-0.39, 0.29) is 23.0 Å². The van der Waals surface area contributed by atoms with Crippen LogP contribution in [-0.2, 0) is 16.4 Å². The van der Waals surface area contributed by atoms with Crippen LogP contribution in [0.5, 0.6) is 0 Å². The zero-order valence-electron chi connectivity index (χ0n) is 13.6. The first-order valence-electron chi connectivity index (χ1n) is 7.50. The van der Waals surface area contributed by atoms with Crippen LogP contribution in [0.25, 0.3) is 10.6 Å². The Kier molecular flexibility index (Phi) is 4.98. The van der Waals surface area contributed by atoms with Crippen LogP contribution in [0.4, 0.5) is 4.39 Å². The molecule has 0 saturated heterocycles. The minimum Gasteiger partial charge on any atom is -0.360 e. The van der Waals surface area contributed by atoms with Gasteiger partial charge >= 0.3 is 0 Å². The lowest BCUT2D eigenvalue weighted by Gasteiger charge is -2.05. The number of rotatable bonds is 6. The predicted molar refractivity (Wildman–Crippen MR) is 92.4 cm³/mol. The second kappa shape index (κ2) is 7.03. The summed E-state index contributed by atoms with van der Waals surface area (Å²) in [5.74, 6) is -0.0356. The van der Waals surface area contributed by atoms with Gasteiger partial charge < -0.3 is 4.52 Å². The molecule has 25 heavy (non-hydrogen) atoms. The lowest BCUT2D eigenvalue weighted by atomic mass is 10.2. The summed E-state index contributed by atoms with van der Waals surface area (Å²) >= 11 is 1.43. The number of aromatic nitrogens is 2. The molecule has 9 heteroatoms. The highest BCUT2D eigenvalue weighted by atomic mass is 32.2. The minimum atomic E-state index is -3.67. The van der Waals surface area contributed by atoms with Gasteiger partial charge in [0, 0.05) is 23.9 Å². The molecule has 0 aliphatic heterocycles. The highest BCUT2D eigenvalue weighted by Crippen LogP contribution is 2.24. The van der Waals surface area contributed by atoms with Crippen LogP contribution in [0.1, 0.15) is 17.1 Å². The van der Waals surface area contributed by atoms with Crippen LogP contribution in [0.2, 0.25) is 0 Å². The van der Waals surface area contributed by atoms with Crippen molar-refractivity contribution in [2.75, 3.05) is 6.54 Å². The van der Waals surface area contributed by atoms with E-state index in [2.05, 4.69) is 14.9 Å². The van der Waals surface area contributed by atoms with E-state index in [4.69, 9.17) is 4.52 Å². The van der Waals surface area contributed by atoms with Gasteiger partial charge in [-0.3, -0.25) is 0 Å². The number of benzene rings is 1. The van der Waals surface area contributed by atoms with Crippen molar-refractivity contribution in [2.45, 2.75) is 25.2 Å². The van der Waals surface area contributed by atoms with Crippen molar-refractivity contribution < 1.29 is 17.3 Å². The normalized spacial score (nSPS) is 11.8. The first kappa shape index (κ1) is 17.7. The summed E-state index contributed by atoms with van der Waals surface area (Å²) in [7, 11) is -3.67. The molecule has 2 aromatic heterocycles. The van der Waals surface area contributed by atoms with E-state index >= 15 is 0 Å². The van der Waals surface area contributed by atoms with E-state index in [0.717, 1.165) is 16.3 Å². The summed E-state index contributed by atoms with van der Waals surface area (Å²) < 4.78 is 45.0. The molecule has 0 spiro atoms. The SMILES string of the molecule is Cc1noc(C)c1S(=O)(=O)NCCc1csc(-c2ccc(F)cc2)n1. The molecule has 2 heterocycles. The van der Waals surface area contributed by atoms with E-state index < -0.39 is 10.0 Å². The van der Waals surface area contributed by atoms with Crippen LogP contribution in [0.15, 0.2) is 39.1 Å². The number of sulfonamides is 1. The van der Waals surface area contributed by atoms with Crippen LogP contribution in [0, 0.1) is 19.7 Å². The molecule has 132 valence electrons. The van der Waals surface area contributed by atoms with Crippen molar-refractivity contribution in [3.05, 3.63) is 52.6 Å².